The van der Waals surface area contributed by atoms with Gasteiger partial charge in [0, 0.05) is 33.1 Å². The minimum atomic E-state index is -0.524. The summed E-state index contributed by atoms with van der Waals surface area (Å²) in [4.78, 5) is 12.7. The molecule has 32 heavy (non-hydrogen) atoms. The van der Waals surface area contributed by atoms with Crippen LogP contribution in [0.2, 0.25) is 10.0 Å². The molecule has 0 bridgehead atoms. The van der Waals surface area contributed by atoms with E-state index in [0.29, 0.717) is 27.0 Å². The Morgan fingerprint density at radius 1 is 0.938 bits per heavy atom. The average Bonchev–Trinajstić information content (AvgIpc) is 3.24. The maximum absolute atomic E-state index is 12.7. The second-order valence-corrected chi connectivity index (χ2v) is 7.72. The van der Waals surface area contributed by atoms with Crippen molar-refractivity contribution >= 4 is 40.9 Å². The lowest BCUT2D eigenvalue weighted by Gasteiger charge is -2.04. The molecule has 1 aromatic heterocycles. The Balaban J connectivity index is 1.74. The summed E-state index contributed by atoms with van der Waals surface area (Å²) in [7, 11) is 0. The highest BCUT2D eigenvalue weighted by Crippen LogP contribution is 2.27. The number of nitrogens with one attached hydrogen (secondary N) is 1. The van der Waals surface area contributed by atoms with E-state index in [1.807, 2.05) is 48.5 Å². The molecule has 0 fully saturated rings. The summed E-state index contributed by atoms with van der Waals surface area (Å²) in [5, 5.41) is 18.2. The molecule has 1 N–H and O–H groups in total. The highest BCUT2D eigenvalue weighted by molar-refractivity contribution is 6.31. The van der Waals surface area contributed by atoms with Crippen molar-refractivity contribution in [1.29, 1.82) is 5.26 Å². The van der Waals surface area contributed by atoms with Crippen LogP contribution in [0.4, 0.5) is 5.69 Å². The molecule has 0 saturated carbocycles. The third kappa shape index (κ3) is 4.89. The average molecular weight is 459 g/mol. The van der Waals surface area contributed by atoms with Gasteiger partial charge in [0.05, 0.1) is 11.4 Å². The molecule has 0 saturated heterocycles. The van der Waals surface area contributed by atoms with Crippen molar-refractivity contribution in [2.75, 3.05) is 5.32 Å². The predicted octanol–water partition coefficient (Wildman–Crippen LogP) is 6.39. The molecule has 3 aromatic carbocycles. The lowest BCUT2D eigenvalue weighted by molar-refractivity contribution is -0.112. The maximum atomic E-state index is 12.7. The van der Waals surface area contributed by atoms with E-state index in [-0.39, 0.29) is 5.57 Å². The molecule has 7 heteroatoms. The van der Waals surface area contributed by atoms with E-state index in [4.69, 9.17) is 28.3 Å². The molecular formula is C25H16Cl2N4O. The van der Waals surface area contributed by atoms with Gasteiger partial charge in [-0.15, -0.1) is 0 Å². The molecule has 0 aliphatic rings. The van der Waals surface area contributed by atoms with Crippen LogP contribution in [0.5, 0.6) is 0 Å². The van der Waals surface area contributed by atoms with Crippen LogP contribution in [0.25, 0.3) is 23.0 Å². The van der Waals surface area contributed by atoms with E-state index in [1.54, 1.807) is 47.3 Å². The highest BCUT2D eigenvalue weighted by atomic mass is 35.5. The number of hydrogen-bond acceptors (Lipinski definition) is 3. The Kier molecular flexibility index (Phi) is 6.37. The molecule has 0 radical (unpaired) electrons. The first-order chi connectivity index (χ1) is 15.5. The Hall–Kier alpha value is -3.85. The van der Waals surface area contributed by atoms with Crippen LogP contribution in [0.1, 0.15) is 5.56 Å². The number of carbonyl (C=O) groups is 1. The van der Waals surface area contributed by atoms with Crippen LogP contribution in [0.3, 0.4) is 0 Å². The first-order valence-corrected chi connectivity index (χ1v) is 10.4. The first-order valence-electron chi connectivity index (χ1n) is 9.63. The molecule has 4 rings (SSSR count). The number of anilines is 1. The zero-order valence-corrected chi connectivity index (χ0v) is 18.2. The van der Waals surface area contributed by atoms with Crippen LogP contribution in [-0.2, 0) is 4.79 Å². The van der Waals surface area contributed by atoms with Gasteiger partial charge in [-0.1, -0.05) is 53.5 Å². The van der Waals surface area contributed by atoms with Gasteiger partial charge in [-0.3, -0.25) is 4.79 Å². The third-order valence-corrected chi connectivity index (χ3v) is 5.15. The highest BCUT2D eigenvalue weighted by Gasteiger charge is 2.15. The summed E-state index contributed by atoms with van der Waals surface area (Å²) < 4.78 is 1.71. The number of nitriles is 1. The second-order valence-electron chi connectivity index (χ2n) is 6.85. The Bertz CT molecular complexity index is 1320. The van der Waals surface area contributed by atoms with Gasteiger partial charge in [0.25, 0.3) is 5.91 Å². The van der Waals surface area contributed by atoms with Gasteiger partial charge >= 0.3 is 0 Å². The molecule has 156 valence electrons. The fraction of sp³-hybridized carbons (Fsp3) is 0. The number of carbonyl (C=O) groups excluding carboxylic acids is 1. The van der Waals surface area contributed by atoms with Gasteiger partial charge in [-0.05, 0) is 54.6 Å². The van der Waals surface area contributed by atoms with Gasteiger partial charge in [-0.2, -0.15) is 10.4 Å². The summed E-state index contributed by atoms with van der Waals surface area (Å²) in [6.07, 6.45) is 3.31. The van der Waals surface area contributed by atoms with E-state index in [1.165, 1.54) is 6.08 Å². The van der Waals surface area contributed by atoms with Crippen LogP contribution < -0.4 is 5.32 Å². The van der Waals surface area contributed by atoms with Crippen molar-refractivity contribution in [1.82, 2.24) is 9.78 Å². The lowest BCUT2D eigenvalue weighted by Crippen LogP contribution is -2.13. The molecule has 0 unspecified atom stereocenters. The lowest BCUT2D eigenvalue weighted by atomic mass is 10.1. The number of aromatic nitrogens is 2. The molecule has 1 amide bonds. The second kappa shape index (κ2) is 9.52. The van der Waals surface area contributed by atoms with E-state index in [9.17, 15) is 10.1 Å². The van der Waals surface area contributed by atoms with Crippen molar-refractivity contribution in [3.63, 3.8) is 0 Å². The molecule has 4 aromatic rings. The van der Waals surface area contributed by atoms with Crippen LogP contribution in [-0.4, -0.2) is 15.7 Å². The quantitative estimate of drug-likeness (QED) is 0.278. The van der Waals surface area contributed by atoms with Gasteiger partial charge in [-0.25, -0.2) is 4.68 Å². The molecule has 0 aliphatic carbocycles. The number of nitrogens with zero attached hydrogens (tertiary/aromatic N) is 3. The molecule has 5 nitrogen and oxygen atoms in total. The van der Waals surface area contributed by atoms with Gasteiger partial charge in [0.15, 0.2) is 0 Å². The number of para-hydroxylation sites is 1. The minimum Gasteiger partial charge on any atom is -0.321 e. The molecule has 0 atom stereocenters. The van der Waals surface area contributed by atoms with Crippen molar-refractivity contribution in [3.05, 3.63) is 106 Å². The van der Waals surface area contributed by atoms with E-state index >= 15 is 0 Å². The van der Waals surface area contributed by atoms with Crippen LogP contribution >= 0.6 is 23.2 Å². The van der Waals surface area contributed by atoms with Crippen LogP contribution in [0.15, 0.2) is 90.6 Å². The number of halogens is 2. The fourth-order valence-corrected chi connectivity index (χ4v) is 3.33. The fourth-order valence-electron chi connectivity index (χ4n) is 3.07. The molecular weight excluding hydrogens is 443 g/mol. The smallest absolute Gasteiger partial charge is 0.266 e. The van der Waals surface area contributed by atoms with Crippen molar-refractivity contribution in [2.45, 2.75) is 0 Å². The zero-order chi connectivity index (χ0) is 22.5. The predicted molar refractivity (Wildman–Crippen MR) is 128 cm³/mol. The number of benzene rings is 3. The summed E-state index contributed by atoms with van der Waals surface area (Å²) >= 11 is 11.9. The van der Waals surface area contributed by atoms with Crippen molar-refractivity contribution in [3.8, 4) is 23.0 Å². The van der Waals surface area contributed by atoms with Gasteiger partial charge < -0.3 is 5.32 Å². The third-order valence-electron chi connectivity index (χ3n) is 4.65. The maximum Gasteiger partial charge on any atom is 0.266 e. The summed E-state index contributed by atoms with van der Waals surface area (Å²) in [6.45, 7) is 0. The van der Waals surface area contributed by atoms with Gasteiger partial charge in [0.2, 0.25) is 0 Å². The van der Waals surface area contributed by atoms with E-state index < -0.39 is 5.91 Å². The summed E-state index contributed by atoms with van der Waals surface area (Å²) in [5.41, 5.74) is 3.40. The number of amides is 1. The van der Waals surface area contributed by atoms with Gasteiger partial charge in [0.1, 0.15) is 11.6 Å². The number of rotatable bonds is 5. The largest absolute Gasteiger partial charge is 0.321 e. The van der Waals surface area contributed by atoms with Crippen molar-refractivity contribution in [2.24, 2.45) is 0 Å². The zero-order valence-electron chi connectivity index (χ0n) is 16.7. The topological polar surface area (TPSA) is 70.7 Å². The minimum absolute atomic E-state index is 0.0530. The number of hydrogen-bond donors (Lipinski definition) is 1. The monoisotopic (exact) mass is 458 g/mol. The Labute approximate surface area is 195 Å². The van der Waals surface area contributed by atoms with Crippen molar-refractivity contribution < 1.29 is 4.79 Å². The summed E-state index contributed by atoms with van der Waals surface area (Å²) in [6, 6.07) is 25.5. The van der Waals surface area contributed by atoms with E-state index in [2.05, 4.69) is 5.32 Å². The normalized spacial score (nSPS) is 11.1. The molecule has 0 spiro atoms. The SMILES string of the molecule is N#CC(=Cc1cn(-c2ccccc2)nc1-c1ccc(Cl)cc1)C(=O)Nc1ccc(Cl)cc1. The first kappa shape index (κ1) is 21.4. The molecule has 0 aliphatic heterocycles. The Morgan fingerprint density at radius 2 is 1.56 bits per heavy atom. The molecule has 1 heterocycles. The van der Waals surface area contributed by atoms with E-state index in [0.717, 1.165) is 11.3 Å². The standard InChI is InChI=1S/C25H16Cl2N4O/c26-20-8-6-17(7-9-20)24-19(16-31(30-24)23-4-2-1-3-5-23)14-18(15-28)25(32)29-22-12-10-21(27)11-13-22/h1-14,16H,(H,29,32). The van der Waals surface area contributed by atoms with Crippen LogP contribution in [0, 0.1) is 11.3 Å². The summed E-state index contributed by atoms with van der Waals surface area (Å²) in [5.74, 6) is -0.524. The Morgan fingerprint density at radius 3 is 2.19 bits per heavy atom.